The quantitative estimate of drug-likeness (QED) is 0.665. The average molecular weight is 296 g/mol. The number of carbonyl (C=O) groups is 1. The largest absolute Gasteiger partial charge is 0.366 e. The smallest absolute Gasteiger partial charge is 0.285 e. The lowest BCUT2D eigenvalue weighted by molar-refractivity contribution is -0.114. The van der Waals surface area contributed by atoms with Gasteiger partial charge in [0.25, 0.3) is 11.3 Å². The third kappa shape index (κ3) is 2.75. The van der Waals surface area contributed by atoms with Gasteiger partial charge in [0, 0.05) is 0 Å². The zero-order valence-corrected chi connectivity index (χ0v) is 11.4. The molecule has 8 heteroatoms. The highest BCUT2D eigenvalue weighted by Gasteiger charge is 2.11. The van der Waals surface area contributed by atoms with Crippen molar-refractivity contribution in [2.45, 2.75) is 6.42 Å². The van der Waals surface area contributed by atoms with Crippen LogP contribution >= 0.6 is 0 Å². The molecule has 0 amide bonds. The molecule has 22 heavy (non-hydrogen) atoms. The maximum absolute atomic E-state index is 11.9. The number of nitrogen functional groups attached to an aromatic ring is 1. The highest BCUT2D eigenvalue weighted by Crippen LogP contribution is 2.03. The van der Waals surface area contributed by atoms with Crippen LogP contribution in [0.2, 0.25) is 0 Å². The van der Waals surface area contributed by atoms with Crippen LogP contribution < -0.4 is 11.3 Å². The summed E-state index contributed by atoms with van der Waals surface area (Å²) in [5, 5.41) is 9.75. The second-order valence-corrected chi connectivity index (χ2v) is 4.58. The van der Waals surface area contributed by atoms with E-state index in [9.17, 15) is 9.59 Å². The van der Waals surface area contributed by atoms with Crippen LogP contribution in [0.5, 0.6) is 0 Å². The number of aromatic nitrogens is 5. The molecule has 0 saturated carbocycles. The van der Waals surface area contributed by atoms with E-state index in [0.717, 1.165) is 10.1 Å². The van der Waals surface area contributed by atoms with Crippen LogP contribution in [0.1, 0.15) is 11.3 Å². The molecule has 0 saturated heterocycles. The first-order valence-corrected chi connectivity index (χ1v) is 6.49. The van der Waals surface area contributed by atoms with Gasteiger partial charge in [-0.25, -0.2) is 4.98 Å². The number of fused-ring (bicyclic) bond motifs is 1. The predicted octanol–water partition coefficient (Wildman–Crippen LogP) is 0.220. The van der Waals surface area contributed by atoms with Crippen LogP contribution in [-0.2, 0) is 11.2 Å². The van der Waals surface area contributed by atoms with Crippen molar-refractivity contribution in [1.82, 2.24) is 24.8 Å². The maximum atomic E-state index is 11.9. The Morgan fingerprint density at radius 1 is 1.27 bits per heavy atom. The van der Waals surface area contributed by atoms with Crippen LogP contribution in [0.3, 0.4) is 0 Å². The van der Waals surface area contributed by atoms with Crippen molar-refractivity contribution < 1.29 is 4.79 Å². The highest BCUT2D eigenvalue weighted by atomic mass is 16.1. The number of ketones is 1. The second-order valence-electron chi connectivity index (χ2n) is 4.58. The number of anilines is 1. The Kier molecular flexibility index (Phi) is 3.48. The number of hydrogen-bond acceptors (Lipinski definition) is 6. The first-order chi connectivity index (χ1) is 10.6. The van der Waals surface area contributed by atoms with Gasteiger partial charge < -0.3 is 5.73 Å². The number of benzene rings is 1. The molecule has 3 aromatic rings. The number of carbonyl (C=O) groups excluding carboxylic acids is 1. The summed E-state index contributed by atoms with van der Waals surface area (Å²) in [6.07, 6.45) is 2.98. The third-order valence-corrected chi connectivity index (χ3v) is 2.98. The minimum Gasteiger partial charge on any atom is -0.366 e. The topological polar surface area (TPSA) is 119 Å². The van der Waals surface area contributed by atoms with E-state index in [1.54, 1.807) is 6.08 Å². The summed E-state index contributed by atoms with van der Waals surface area (Å²) in [7, 11) is 0. The molecule has 0 aliphatic heterocycles. The lowest BCUT2D eigenvalue weighted by Crippen LogP contribution is -2.21. The number of aromatic amines is 1. The van der Waals surface area contributed by atoms with Crippen LogP contribution in [-0.4, -0.2) is 30.6 Å². The van der Waals surface area contributed by atoms with Crippen molar-refractivity contribution in [3.8, 4) is 0 Å². The molecular formula is C14H12N6O2. The fourth-order valence-corrected chi connectivity index (χ4v) is 1.90. The van der Waals surface area contributed by atoms with Gasteiger partial charge in [-0.15, -0.1) is 10.2 Å². The summed E-state index contributed by atoms with van der Waals surface area (Å²) in [4.78, 5) is 27.8. The van der Waals surface area contributed by atoms with Gasteiger partial charge in [-0.05, 0) is 11.6 Å². The molecule has 0 spiro atoms. The molecule has 0 bridgehead atoms. The fraction of sp³-hybridized carbons (Fsp3) is 0.0714. The predicted molar refractivity (Wildman–Crippen MR) is 80.0 cm³/mol. The first kappa shape index (κ1) is 13.7. The molecule has 2 heterocycles. The molecule has 8 nitrogen and oxygen atoms in total. The Bertz CT molecular complexity index is 910. The fourth-order valence-electron chi connectivity index (χ4n) is 1.90. The molecule has 0 radical (unpaired) electrons. The van der Waals surface area contributed by atoms with Gasteiger partial charge >= 0.3 is 0 Å². The summed E-state index contributed by atoms with van der Waals surface area (Å²) in [5.41, 5.74) is 5.98. The Morgan fingerprint density at radius 2 is 2.05 bits per heavy atom. The van der Waals surface area contributed by atoms with Crippen molar-refractivity contribution in [2.24, 2.45) is 0 Å². The summed E-state index contributed by atoms with van der Waals surface area (Å²) < 4.78 is 1.16. The van der Waals surface area contributed by atoms with Crippen molar-refractivity contribution in [3.05, 3.63) is 58.0 Å². The van der Waals surface area contributed by atoms with Gasteiger partial charge in [0.2, 0.25) is 5.95 Å². The van der Waals surface area contributed by atoms with E-state index >= 15 is 0 Å². The van der Waals surface area contributed by atoms with Gasteiger partial charge in [-0.3, -0.25) is 14.7 Å². The van der Waals surface area contributed by atoms with Crippen LogP contribution in [0.4, 0.5) is 5.95 Å². The minimum absolute atomic E-state index is 0.0291. The second kappa shape index (κ2) is 5.60. The standard InChI is InChI=1S/C14H12N6O2/c15-13-17-18-14-16-11(12(22)19-20(13)14)8-10(21)7-6-9-4-2-1-3-5-9/h1-7H,8H2,(H2,15,17)(H,19,22)/b7-6-. The number of rotatable bonds is 4. The minimum atomic E-state index is -0.500. The molecule has 1 aromatic carbocycles. The van der Waals surface area contributed by atoms with E-state index in [0.29, 0.717) is 0 Å². The molecule has 0 aliphatic carbocycles. The van der Waals surface area contributed by atoms with Gasteiger partial charge in [0.05, 0.1) is 6.42 Å². The molecule has 3 rings (SSSR count). The number of hydrogen-bond donors (Lipinski definition) is 2. The van der Waals surface area contributed by atoms with Crippen molar-refractivity contribution >= 4 is 23.6 Å². The molecule has 110 valence electrons. The molecule has 0 atom stereocenters. The zero-order chi connectivity index (χ0) is 15.5. The molecule has 0 fully saturated rings. The van der Waals surface area contributed by atoms with E-state index in [1.807, 2.05) is 30.3 Å². The number of nitrogens with one attached hydrogen (secondary N) is 1. The van der Waals surface area contributed by atoms with E-state index in [2.05, 4.69) is 20.3 Å². The number of nitrogens with two attached hydrogens (primary N) is 1. The van der Waals surface area contributed by atoms with E-state index in [1.165, 1.54) is 6.08 Å². The average Bonchev–Trinajstić information content (AvgIpc) is 2.87. The lowest BCUT2D eigenvalue weighted by atomic mass is 10.1. The number of H-pyrrole nitrogens is 1. The summed E-state index contributed by atoms with van der Waals surface area (Å²) >= 11 is 0. The number of nitrogens with zero attached hydrogens (tertiary/aromatic N) is 4. The van der Waals surface area contributed by atoms with Gasteiger partial charge in [-0.2, -0.15) is 4.52 Å². The maximum Gasteiger partial charge on any atom is 0.285 e. The Labute approximate surface area is 124 Å². The van der Waals surface area contributed by atoms with Crippen LogP contribution in [0.15, 0.2) is 41.2 Å². The third-order valence-electron chi connectivity index (χ3n) is 2.98. The number of allylic oxidation sites excluding steroid dienone is 1. The normalized spacial score (nSPS) is 11.3. The van der Waals surface area contributed by atoms with Gasteiger partial charge in [0.15, 0.2) is 5.78 Å². The van der Waals surface area contributed by atoms with Crippen molar-refractivity contribution in [3.63, 3.8) is 0 Å². The first-order valence-electron chi connectivity index (χ1n) is 6.49. The summed E-state index contributed by atoms with van der Waals surface area (Å²) in [6, 6.07) is 9.39. The van der Waals surface area contributed by atoms with Crippen molar-refractivity contribution in [2.75, 3.05) is 5.73 Å². The Hall–Kier alpha value is -3.29. The zero-order valence-electron chi connectivity index (χ0n) is 11.4. The molecule has 0 aliphatic rings. The highest BCUT2D eigenvalue weighted by molar-refractivity contribution is 5.94. The van der Waals surface area contributed by atoms with Crippen molar-refractivity contribution in [1.29, 1.82) is 0 Å². The lowest BCUT2D eigenvalue weighted by Gasteiger charge is -1.98. The molecular weight excluding hydrogens is 284 g/mol. The van der Waals surface area contributed by atoms with E-state index in [-0.39, 0.29) is 29.6 Å². The van der Waals surface area contributed by atoms with E-state index in [4.69, 9.17) is 5.73 Å². The Balaban J connectivity index is 1.81. The van der Waals surface area contributed by atoms with Crippen LogP contribution in [0, 0.1) is 0 Å². The SMILES string of the molecule is Nc1nnc2nc(CC(=O)/C=C\c3ccccc3)c(=O)[nH]n12. The Morgan fingerprint density at radius 3 is 2.82 bits per heavy atom. The summed E-state index contributed by atoms with van der Waals surface area (Å²) in [6.45, 7) is 0. The van der Waals surface area contributed by atoms with E-state index < -0.39 is 5.56 Å². The molecule has 0 unspecified atom stereocenters. The monoisotopic (exact) mass is 296 g/mol. The summed E-state index contributed by atoms with van der Waals surface area (Å²) in [5.74, 6) is -0.0629. The molecule has 3 N–H and O–H groups in total. The van der Waals surface area contributed by atoms with Crippen LogP contribution in [0.25, 0.3) is 11.9 Å². The van der Waals surface area contributed by atoms with Gasteiger partial charge in [0.1, 0.15) is 5.69 Å². The molecule has 2 aromatic heterocycles. The van der Waals surface area contributed by atoms with Gasteiger partial charge in [-0.1, -0.05) is 36.4 Å².